The molecule has 0 amide bonds. The van der Waals surface area contributed by atoms with Crippen LogP contribution < -0.4 is 5.32 Å². The third kappa shape index (κ3) is 10.1. The number of hydrogen-bond acceptors (Lipinski definition) is 3. The molecule has 1 N–H and O–H groups in total. The molecule has 0 spiro atoms. The van der Waals surface area contributed by atoms with E-state index in [1.165, 1.54) is 25.4 Å². The fraction of sp³-hybridized carbons (Fsp3) is 1.00. The second-order valence-electron chi connectivity index (χ2n) is 5.43. The van der Waals surface area contributed by atoms with E-state index < -0.39 is 8.32 Å². The first kappa shape index (κ1) is 18.1. The molecule has 0 bridgehead atoms. The zero-order valence-electron chi connectivity index (χ0n) is 13.2. The molecule has 0 aliphatic heterocycles. The maximum Gasteiger partial charge on any atom is 0.186 e. The summed E-state index contributed by atoms with van der Waals surface area (Å²) in [6.07, 6.45) is 2.58. The van der Waals surface area contributed by atoms with Gasteiger partial charge in [-0.25, -0.2) is 0 Å². The Bertz CT molecular complexity index is 185. The average molecular weight is 275 g/mol. The van der Waals surface area contributed by atoms with Gasteiger partial charge in [0.1, 0.15) is 0 Å². The number of unbranched alkanes of at least 4 members (excludes halogenated alkanes) is 1. The summed E-state index contributed by atoms with van der Waals surface area (Å²) in [6.45, 7) is 17.8. The molecule has 0 aliphatic rings. The molecule has 0 fully saturated rings. The molecule has 3 nitrogen and oxygen atoms in total. The normalized spacial score (nSPS) is 12.3. The van der Waals surface area contributed by atoms with Crippen LogP contribution in [0.4, 0.5) is 0 Å². The Morgan fingerprint density at radius 2 is 1.67 bits per heavy atom. The van der Waals surface area contributed by atoms with Crippen molar-refractivity contribution in [3.63, 3.8) is 0 Å². The molecule has 0 saturated heterocycles. The van der Waals surface area contributed by atoms with Crippen LogP contribution in [0, 0.1) is 0 Å². The number of nitrogens with one attached hydrogen (secondary N) is 1. The van der Waals surface area contributed by atoms with E-state index in [9.17, 15) is 0 Å². The summed E-state index contributed by atoms with van der Waals surface area (Å²) in [6, 6.07) is 1.29. The second-order valence-corrected chi connectivity index (χ2v) is 9.73. The van der Waals surface area contributed by atoms with Crippen molar-refractivity contribution in [1.82, 2.24) is 10.2 Å². The van der Waals surface area contributed by atoms with Crippen molar-refractivity contribution in [3.05, 3.63) is 0 Å². The number of hydrogen-bond donors (Lipinski definition) is 1. The molecule has 0 atom stereocenters. The molecule has 4 heteroatoms. The van der Waals surface area contributed by atoms with Crippen molar-refractivity contribution in [2.45, 2.75) is 52.8 Å². The van der Waals surface area contributed by atoms with E-state index in [0.29, 0.717) is 0 Å². The van der Waals surface area contributed by atoms with E-state index in [1.54, 1.807) is 0 Å². The molecule has 0 radical (unpaired) electrons. The highest BCUT2D eigenvalue weighted by molar-refractivity contribution is 6.71. The molecular formula is C14H34N2OSi. The zero-order valence-corrected chi connectivity index (χ0v) is 14.2. The Balaban J connectivity index is 3.35. The van der Waals surface area contributed by atoms with E-state index in [4.69, 9.17) is 4.43 Å². The van der Waals surface area contributed by atoms with Gasteiger partial charge in [-0.3, -0.25) is 0 Å². The highest BCUT2D eigenvalue weighted by atomic mass is 28.4. The van der Waals surface area contributed by atoms with Gasteiger partial charge in [-0.1, -0.05) is 20.3 Å². The van der Waals surface area contributed by atoms with Crippen LogP contribution in [0.2, 0.25) is 19.1 Å². The predicted molar refractivity (Wildman–Crippen MR) is 83.8 cm³/mol. The maximum atomic E-state index is 5.83. The van der Waals surface area contributed by atoms with Crippen LogP contribution in [0.3, 0.4) is 0 Å². The first-order valence-electron chi connectivity index (χ1n) is 7.62. The summed E-state index contributed by atoms with van der Waals surface area (Å²) in [7, 11) is -1.34. The van der Waals surface area contributed by atoms with Crippen LogP contribution in [0.25, 0.3) is 0 Å². The van der Waals surface area contributed by atoms with Crippen LogP contribution in [0.15, 0.2) is 0 Å². The van der Waals surface area contributed by atoms with Crippen molar-refractivity contribution in [2.75, 3.05) is 39.3 Å². The highest BCUT2D eigenvalue weighted by Gasteiger charge is 2.20. The van der Waals surface area contributed by atoms with Gasteiger partial charge in [0.25, 0.3) is 0 Å². The third-order valence-electron chi connectivity index (χ3n) is 3.42. The van der Waals surface area contributed by atoms with Crippen molar-refractivity contribution < 1.29 is 4.43 Å². The lowest BCUT2D eigenvalue weighted by atomic mass is 10.3. The van der Waals surface area contributed by atoms with E-state index in [-0.39, 0.29) is 0 Å². The van der Waals surface area contributed by atoms with Gasteiger partial charge in [0, 0.05) is 19.7 Å². The van der Waals surface area contributed by atoms with Crippen molar-refractivity contribution in [2.24, 2.45) is 0 Å². The first-order valence-corrected chi connectivity index (χ1v) is 10.7. The Kier molecular flexibility index (Phi) is 11.0. The number of nitrogens with zero attached hydrogens (tertiary/aromatic N) is 1. The van der Waals surface area contributed by atoms with Crippen LogP contribution >= 0.6 is 0 Å². The van der Waals surface area contributed by atoms with Gasteiger partial charge in [0.15, 0.2) is 8.32 Å². The Labute approximate surface area is 115 Å². The fourth-order valence-electron chi connectivity index (χ4n) is 2.17. The van der Waals surface area contributed by atoms with Crippen LogP contribution in [0.1, 0.15) is 33.6 Å². The van der Waals surface area contributed by atoms with Gasteiger partial charge in [-0.05, 0) is 52.1 Å². The van der Waals surface area contributed by atoms with Gasteiger partial charge in [0.05, 0.1) is 0 Å². The smallest absolute Gasteiger partial charge is 0.186 e. The van der Waals surface area contributed by atoms with Crippen molar-refractivity contribution in [3.8, 4) is 0 Å². The lowest BCUT2D eigenvalue weighted by Gasteiger charge is -2.21. The molecule has 0 heterocycles. The topological polar surface area (TPSA) is 24.5 Å². The SMILES string of the molecule is CCO[Si](C)(C)CCCCNCCN(CC)CC. The second kappa shape index (κ2) is 11.0. The standard InChI is InChI=1S/C14H34N2OSi/c1-6-16(7-2)13-12-15-11-9-10-14-18(4,5)17-8-3/h15H,6-14H2,1-5H3. The molecule has 0 aromatic heterocycles. The molecule has 0 aromatic rings. The third-order valence-corrected chi connectivity index (χ3v) is 6.04. The predicted octanol–water partition coefficient (Wildman–Crippen LogP) is 2.94. The van der Waals surface area contributed by atoms with E-state index in [2.05, 4.69) is 44.1 Å². The molecule has 0 aromatic carbocycles. The quantitative estimate of drug-likeness (QED) is 0.437. The minimum absolute atomic E-state index is 0.876. The molecule has 0 aliphatic carbocycles. The van der Waals surface area contributed by atoms with E-state index in [1.807, 2.05) is 0 Å². The largest absolute Gasteiger partial charge is 0.418 e. The molecular weight excluding hydrogens is 240 g/mol. The Morgan fingerprint density at radius 3 is 2.22 bits per heavy atom. The summed E-state index contributed by atoms with van der Waals surface area (Å²) in [5.41, 5.74) is 0. The summed E-state index contributed by atoms with van der Waals surface area (Å²) >= 11 is 0. The minimum atomic E-state index is -1.34. The van der Waals surface area contributed by atoms with Crippen molar-refractivity contribution >= 4 is 8.32 Å². The number of likely N-dealkylation sites (N-methyl/N-ethyl adjacent to an activating group) is 1. The summed E-state index contributed by atoms with van der Waals surface area (Å²) in [5.74, 6) is 0. The molecule has 0 rings (SSSR count). The van der Waals surface area contributed by atoms with Gasteiger partial charge >= 0.3 is 0 Å². The van der Waals surface area contributed by atoms with E-state index >= 15 is 0 Å². The highest BCUT2D eigenvalue weighted by Crippen LogP contribution is 2.14. The lowest BCUT2D eigenvalue weighted by Crippen LogP contribution is -2.32. The fourth-order valence-corrected chi connectivity index (χ4v) is 4.19. The van der Waals surface area contributed by atoms with Crippen LogP contribution in [-0.2, 0) is 4.43 Å². The summed E-state index contributed by atoms with van der Waals surface area (Å²) in [4.78, 5) is 2.46. The molecule has 0 unspecified atom stereocenters. The molecule has 0 saturated carbocycles. The summed E-state index contributed by atoms with van der Waals surface area (Å²) < 4.78 is 5.83. The van der Waals surface area contributed by atoms with Crippen LogP contribution in [0.5, 0.6) is 0 Å². The van der Waals surface area contributed by atoms with Gasteiger partial charge < -0.3 is 14.6 Å². The summed E-state index contributed by atoms with van der Waals surface area (Å²) in [5, 5.41) is 3.54. The van der Waals surface area contributed by atoms with Crippen LogP contribution in [-0.4, -0.2) is 52.5 Å². The first-order chi connectivity index (χ1) is 8.55. The lowest BCUT2D eigenvalue weighted by molar-refractivity contribution is 0.302. The molecule has 110 valence electrons. The monoisotopic (exact) mass is 274 g/mol. The van der Waals surface area contributed by atoms with E-state index in [0.717, 1.165) is 32.8 Å². The maximum absolute atomic E-state index is 5.83. The minimum Gasteiger partial charge on any atom is -0.418 e. The number of rotatable bonds is 12. The van der Waals surface area contributed by atoms with Gasteiger partial charge in [0.2, 0.25) is 0 Å². The zero-order chi connectivity index (χ0) is 13.9. The van der Waals surface area contributed by atoms with Gasteiger partial charge in [-0.15, -0.1) is 0 Å². The molecule has 18 heavy (non-hydrogen) atoms. The Morgan fingerprint density at radius 1 is 1.00 bits per heavy atom. The Hall–Kier alpha value is 0.0969. The average Bonchev–Trinajstić information content (AvgIpc) is 2.32. The van der Waals surface area contributed by atoms with Crippen molar-refractivity contribution in [1.29, 1.82) is 0 Å². The van der Waals surface area contributed by atoms with Gasteiger partial charge in [-0.2, -0.15) is 0 Å².